The third-order valence-corrected chi connectivity index (χ3v) is 4.64. The molecule has 1 aromatic carbocycles. The lowest BCUT2D eigenvalue weighted by atomic mass is 10.2. The van der Waals surface area contributed by atoms with Gasteiger partial charge < -0.3 is 14.0 Å². The number of hydrogen-bond donors (Lipinski definition) is 0. The van der Waals surface area contributed by atoms with Crippen molar-refractivity contribution in [2.24, 2.45) is 0 Å². The highest BCUT2D eigenvalue weighted by molar-refractivity contribution is 5.55. The van der Waals surface area contributed by atoms with Gasteiger partial charge in [-0.05, 0) is 44.0 Å². The first-order valence-electron chi connectivity index (χ1n) is 9.42. The third-order valence-electron chi connectivity index (χ3n) is 4.64. The number of aryl methyl sites for hydroxylation is 1. The number of benzene rings is 1. The van der Waals surface area contributed by atoms with Gasteiger partial charge in [-0.25, -0.2) is 4.98 Å². The zero-order valence-electron chi connectivity index (χ0n) is 16.1. The van der Waals surface area contributed by atoms with Crippen molar-refractivity contribution in [3.8, 4) is 23.0 Å². The molecule has 5 rings (SSSR count). The Morgan fingerprint density at radius 1 is 1.13 bits per heavy atom. The molecule has 1 atom stereocenters. The highest BCUT2D eigenvalue weighted by atomic mass is 19.4. The van der Waals surface area contributed by atoms with Gasteiger partial charge in [-0.2, -0.15) is 27.7 Å². The van der Waals surface area contributed by atoms with Gasteiger partial charge in [0.2, 0.25) is 11.7 Å². The molecular weight excluding hydrogens is 417 g/mol. The van der Waals surface area contributed by atoms with Crippen molar-refractivity contribution < 1.29 is 27.2 Å². The van der Waals surface area contributed by atoms with Gasteiger partial charge in [0.1, 0.15) is 11.9 Å². The van der Waals surface area contributed by atoms with E-state index in [0.717, 1.165) is 17.4 Å². The van der Waals surface area contributed by atoms with Gasteiger partial charge in [-0.3, -0.25) is 0 Å². The number of halogens is 3. The molecule has 1 unspecified atom stereocenters. The Balaban J connectivity index is 1.40. The standard InChI is InChI=1S/C19H15F3N6O3/c1-10-9-14(28-18(23-10)25-17(26-28)19(20,21)22)30-12-6-4-11(5-7-12)15-24-16(31-27-15)13-3-2-8-29-13/h4-7,9,13H,2-3,8H2,1H3. The molecular formula is C19H15F3N6O3. The second-order valence-corrected chi connectivity index (χ2v) is 6.97. The number of hydrogen-bond acceptors (Lipinski definition) is 8. The summed E-state index contributed by atoms with van der Waals surface area (Å²) in [5, 5.41) is 7.45. The fourth-order valence-electron chi connectivity index (χ4n) is 3.20. The number of fused-ring (bicyclic) bond motifs is 1. The average molecular weight is 432 g/mol. The minimum Gasteiger partial charge on any atom is -0.439 e. The van der Waals surface area contributed by atoms with Crippen LogP contribution in [0.15, 0.2) is 34.9 Å². The van der Waals surface area contributed by atoms with Crippen LogP contribution in [0.2, 0.25) is 0 Å². The molecule has 0 saturated carbocycles. The normalized spacial score (nSPS) is 16.8. The topological polar surface area (TPSA) is 100 Å². The van der Waals surface area contributed by atoms with E-state index in [0.29, 0.717) is 35.3 Å². The predicted octanol–water partition coefficient (Wildman–Crippen LogP) is 4.15. The van der Waals surface area contributed by atoms with Gasteiger partial charge in [0.15, 0.2) is 0 Å². The van der Waals surface area contributed by atoms with Crippen LogP contribution in [0.1, 0.15) is 36.4 Å². The van der Waals surface area contributed by atoms with Crippen LogP contribution in [-0.4, -0.2) is 36.3 Å². The summed E-state index contributed by atoms with van der Waals surface area (Å²) in [6.45, 7) is 2.30. The van der Waals surface area contributed by atoms with Crippen LogP contribution in [0.25, 0.3) is 17.2 Å². The summed E-state index contributed by atoms with van der Waals surface area (Å²) in [6.07, 6.45) is -3.07. The molecule has 0 N–H and O–H groups in total. The number of ether oxygens (including phenoxy) is 2. The van der Waals surface area contributed by atoms with Crippen LogP contribution in [0.3, 0.4) is 0 Å². The summed E-state index contributed by atoms with van der Waals surface area (Å²) in [6, 6.07) is 8.18. The second kappa shape index (κ2) is 7.30. The highest BCUT2D eigenvalue weighted by Gasteiger charge is 2.37. The maximum absolute atomic E-state index is 13.0. The number of nitrogens with zero attached hydrogens (tertiary/aromatic N) is 6. The van der Waals surface area contributed by atoms with Gasteiger partial charge in [0, 0.05) is 23.9 Å². The molecule has 0 radical (unpaired) electrons. The quantitative estimate of drug-likeness (QED) is 0.474. The minimum absolute atomic E-state index is 0.0541. The van der Waals surface area contributed by atoms with E-state index in [2.05, 4.69) is 25.2 Å². The van der Waals surface area contributed by atoms with Gasteiger partial charge in [-0.15, -0.1) is 5.10 Å². The molecule has 0 aliphatic carbocycles. The fourth-order valence-corrected chi connectivity index (χ4v) is 3.20. The molecule has 1 saturated heterocycles. The number of rotatable bonds is 4. The maximum atomic E-state index is 13.0. The van der Waals surface area contributed by atoms with Gasteiger partial charge in [0.25, 0.3) is 17.5 Å². The summed E-state index contributed by atoms with van der Waals surface area (Å²) in [5.74, 6) is -0.210. The minimum atomic E-state index is -4.69. The summed E-state index contributed by atoms with van der Waals surface area (Å²) in [7, 11) is 0. The monoisotopic (exact) mass is 432 g/mol. The van der Waals surface area contributed by atoms with E-state index in [1.165, 1.54) is 6.07 Å². The molecule has 0 bridgehead atoms. The van der Waals surface area contributed by atoms with Crippen LogP contribution >= 0.6 is 0 Å². The highest BCUT2D eigenvalue weighted by Crippen LogP contribution is 2.31. The van der Waals surface area contributed by atoms with Crippen molar-refractivity contribution >= 4 is 5.78 Å². The lowest BCUT2D eigenvalue weighted by Crippen LogP contribution is -2.07. The molecule has 4 heterocycles. The first-order chi connectivity index (χ1) is 14.9. The first kappa shape index (κ1) is 19.4. The van der Waals surface area contributed by atoms with Crippen molar-refractivity contribution in [2.45, 2.75) is 32.0 Å². The van der Waals surface area contributed by atoms with Crippen LogP contribution in [0.4, 0.5) is 13.2 Å². The zero-order chi connectivity index (χ0) is 21.6. The lowest BCUT2D eigenvalue weighted by molar-refractivity contribution is -0.144. The molecule has 3 aromatic heterocycles. The van der Waals surface area contributed by atoms with Crippen LogP contribution < -0.4 is 4.74 Å². The molecule has 4 aromatic rings. The van der Waals surface area contributed by atoms with Crippen molar-refractivity contribution in [3.63, 3.8) is 0 Å². The smallest absolute Gasteiger partial charge is 0.439 e. The van der Waals surface area contributed by atoms with Crippen LogP contribution in [0, 0.1) is 6.92 Å². The van der Waals surface area contributed by atoms with Crippen molar-refractivity contribution in [1.82, 2.24) is 29.7 Å². The zero-order valence-corrected chi connectivity index (χ0v) is 16.1. The summed E-state index contributed by atoms with van der Waals surface area (Å²) < 4.78 is 56.4. The third kappa shape index (κ3) is 3.81. The molecule has 9 nitrogen and oxygen atoms in total. The summed E-state index contributed by atoms with van der Waals surface area (Å²) >= 11 is 0. The van der Waals surface area contributed by atoms with Gasteiger partial charge in [0.05, 0.1) is 0 Å². The Hall–Kier alpha value is -3.54. The van der Waals surface area contributed by atoms with E-state index in [9.17, 15) is 13.2 Å². The lowest BCUT2D eigenvalue weighted by Gasteiger charge is -2.08. The first-order valence-corrected chi connectivity index (χ1v) is 9.42. The maximum Gasteiger partial charge on any atom is 0.453 e. The van der Waals surface area contributed by atoms with E-state index < -0.39 is 12.0 Å². The van der Waals surface area contributed by atoms with Crippen LogP contribution in [0.5, 0.6) is 11.6 Å². The average Bonchev–Trinajstić information content (AvgIpc) is 3.47. The second-order valence-electron chi connectivity index (χ2n) is 6.97. The molecule has 1 fully saturated rings. The van der Waals surface area contributed by atoms with E-state index in [4.69, 9.17) is 14.0 Å². The Kier molecular flexibility index (Phi) is 4.58. The van der Waals surface area contributed by atoms with E-state index in [1.807, 2.05) is 0 Å². The van der Waals surface area contributed by atoms with E-state index in [-0.39, 0.29) is 17.8 Å². The number of aromatic nitrogens is 6. The van der Waals surface area contributed by atoms with Crippen LogP contribution in [-0.2, 0) is 10.9 Å². The SMILES string of the molecule is Cc1cc(Oc2ccc(-c3noc(C4CCCO4)n3)cc2)n2nc(C(F)(F)F)nc2n1. The largest absolute Gasteiger partial charge is 0.453 e. The Morgan fingerprint density at radius 2 is 1.94 bits per heavy atom. The molecule has 1 aliphatic rings. The Morgan fingerprint density at radius 3 is 2.65 bits per heavy atom. The molecule has 12 heteroatoms. The molecule has 0 spiro atoms. The van der Waals surface area contributed by atoms with E-state index in [1.54, 1.807) is 31.2 Å². The van der Waals surface area contributed by atoms with Gasteiger partial charge >= 0.3 is 6.18 Å². The van der Waals surface area contributed by atoms with E-state index >= 15 is 0 Å². The number of alkyl halides is 3. The summed E-state index contributed by atoms with van der Waals surface area (Å²) in [4.78, 5) is 11.8. The molecule has 31 heavy (non-hydrogen) atoms. The van der Waals surface area contributed by atoms with Crippen molar-refractivity contribution in [3.05, 3.63) is 47.7 Å². The Bertz CT molecular complexity index is 1230. The van der Waals surface area contributed by atoms with Crippen molar-refractivity contribution in [2.75, 3.05) is 6.61 Å². The molecule has 160 valence electrons. The fraction of sp³-hybridized carbons (Fsp3) is 0.316. The predicted molar refractivity (Wildman–Crippen MR) is 98.3 cm³/mol. The molecule has 0 amide bonds. The Labute approximate surface area is 172 Å². The van der Waals surface area contributed by atoms with Gasteiger partial charge in [-0.1, -0.05) is 5.16 Å². The van der Waals surface area contributed by atoms with Crippen molar-refractivity contribution in [1.29, 1.82) is 0 Å². The molecule has 1 aliphatic heterocycles. The summed E-state index contributed by atoms with van der Waals surface area (Å²) in [5.41, 5.74) is 1.13.